The van der Waals surface area contributed by atoms with Crippen LogP contribution in [-0.2, 0) is 4.74 Å². The van der Waals surface area contributed by atoms with Crippen LogP contribution < -0.4 is 11.1 Å². The zero-order chi connectivity index (χ0) is 15.0. The molecule has 0 heterocycles. The van der Waals surface area contributed by atoms with Crippen molar-refractivity contribution in [1.29, 1.82) is 0 Å². The number of carbonyl (C=O) groups is 1. The summed E-state index contributed by atoms with van der Waals surface area (Å²) >= 11 is 0. The molecular formula is C13H15F3N2O2. The Morgan fingerprint density at radius 2 is 2.10 bits per heavy atom. The number of ether oxygens (including phenoxy) is 1. The summed E-state index contributed by atoms with van der Waals surface area (Å²) in [5.41, 5.74) is 3.81. The maximum atomic E-state index is 13.0. The fraction of sp³-hybridized carbons (Fsp3) is 0.462. The first-order chi connectivity index (χ1) is 9.31. The number of alkyl halides is 3. The van der Waals surface area contributed by atoms with Gasteiger partial charge in [-0.3, -0.25) is 0 Å². The maximum absolute atomic E-state index is 13.0. The Kier molecular flexibility index (Phi) is 3.54. The molecule has 0 saturated heterocycles. The van der Waals surface area contributed by atoms with Crippen molar-refractivity contribution in [3.05, 3.63) is 23.8 Å². The van der Waals surface area contributed by atoms with Crippen molar-refractivity contribution < 1.29 is 22.7 Å². The number of carbonyl (C=O) groups excluding carboxylic acids is 1. The summed E-state index contributed by atoms with van der Waals surface area (Å²) in [6.45, 7) is 1.76. The Bertz CT molecular complexity index is 525. The number of esters is 1. The van der Waals surface area contributed by atoms with E-state index in [0.717, 1.165) is 0 Å². The molecule has 1 aliphatic rings. The molecule has 1 aromatic rings. The Hall–Kier alpha value is -1.92. The van der Waals surface area contributed by atoms with Gasteiger partial charge in [-0.2, -0.15) is 13.2 Å². The third-order valence-corrected chi connectivity index (χ3v) is 3.25. The van der Waals surface area contributed by atoms with E-state index in [-0.39, 0.29) is 36.4 Å². The Labute approximate surface area is 114 Å². The zero-order valence-electron chi connectivity index (χ0n) is 10.9. The maximum Gasteiger partial charge on any atom is 0.411 e. The van der Waals surface area contributed by atoms with Gasteiger partial charge in [0.15, 0.2) is 0 Å². The van der Waals surface area contributed by atoms with Gasteiger partial charge in [-0.1, -0.05) is 6.07 Å². The molecule has 0 amide bonds. The lowest BCUT2D eigenvalue weighted by Gasteiger charge is -2.24. The van der Waals surface area contributed by atoms with Crippen molar-refractivity contribution in [2.45, 2.75) is 31.5 Å². The first-order valence-corrected chi connectivity index (χ1v) is 6.21. The lowest BCUT2D eigenvalue weighted by atomic mass is 10.1. The Balaban J connectivity index is 2.34. The van der Waals surface area contributed by atoms with Crippen LogP contribution in [0.1, 0.15) is 30.1 Å². The monoisotopic (exact) mass is 288 g/mol. The van der Waals surface area contributed by atoms with E-state index in [1.54, 1.807) is 6.92 Å². The van der Waals surface area contributed by atoms with Crippen molar-refractivity contribution >= 4 is 17.3 Å². The van der Waals surface area contributed by atoms with E-state index in [2.05, 4.69) is 5.32 Å². The molecule has 0 atom stereocenters. The average Bonchev–Trinajstić information content (AvgIpc) is 3.12. The van der Waals surface area contributed by atoms with Gasteiger partial charge in [-0.05, 0) is 31.9 Å². The van der Waals surface area contributed by atoms with E-state index in [9.17, 15) is 18.0 Å². The van der Waals surface area contributed by atoms with E-state index in [1.807, 2.05) is 0 Å². The number of rotatable bonds is 4. The summed E-state index contributed by atoms with van der Waals surface area (Å²) in [6.07, 6.45) is -4.46. The number of hydrogen-bond acceptors (Lipinski definition) is 4. The minimum absolute atomic E-state index is 0.0132. The van der Waals surface area contributed by atoms with Gasteiger partial charge in [0.25, 0.3) is 0 Å². The average molecular weight is 288 g/mol. The molecule has 0 spiro atoms. The summed E-state index contributed by atoms with van der Waals surface area (Å²) in [7, 11) is 0. The van der Waals surface area contributed by atoms with Crippen molar-refractivity contribution in [1.82, 2.24) is 0 Å². The Morgan fingerprint density at radius 1 is 1.45 bits per heavy atom. The smallest absolute Gasteiger partial charge is 0.411 e. The molecular weight excluding hydrogens is 273 g/mol. The van der Waals surface area contributed by atoms with E-state index >= 15 is 0 Å². The molecule has 0 aromatic heterocycles. The molecule has 1 saturated carbocycles. The summed E-state index contributed by atoms with van der Waals surface area (Å²) in [6, 6.07) is 4.33. The second kappa shape index (κ2) is 4.88. The third kappa shape index (κ3) is 2.52. The first kappa shape index (κ1) is 14.5. The van der Waals surface area contributed by atoms with Crippen molar-refractivity contribution in [3.63, 3.8) is 0 Å². The van der Waals surface area contributed by atoms with Crippen LogP contribution in [0, 0.1) is 0 Å². The molecule has 0 bridgehead atoms. The molecule has 7 heteroatoms. The molecule has 4 nitrogen and oxygen atoms in total. The fourth-order valence-electron chi connectivity index (χ4n) is 1.93. The highest BCUT2D eigenvalue weighted by Gasteiger charge is 2.63. The quantitative estimate of drug-likeness (QED) is 0.660. The second-order valence-electron chi connectivity index (χ2n) is 4.70. The van der Waals surface area contributed by atoms with Crippen LogP contribution in [0.4, 0.5) is 24.5 Å². The summed E-state index contributed by atoms with van der Waals surface area (Å²) in [4.78, 5) is 11.8. The van der Waals surface area contributed by atoms with Crippen LogP contribution in [0.5, 0.6) is 0 Å². The van der Waals surface area contributed by atoms with Crippen LogP contribution >= 0.6 is 0 Å². The summed E-state index contributed by atoms with van der Waals surface area (Å²) < 4.78 is 43.8. The second-order valence-corrected chi connectivity index (χ2v) is 4.70. The number of nitrogen functional groups attached to an aromatic ring is 1. The van der Waals surface area contributed by atoms with Crippen LogP contribution in [0.2, 0.25) is 0 Å². The van der Waals surface area contributed by atoms with Crippen LogP contribution in [0.3, 0.4) is 0 Å². The zero-order valence-corrected chi connectivity index (χ0v) is 10.9. The van der Waals surface area contributed by atoms with Gasteiger partial charge in [0.05, 0.1) is 23.5 Å². The highest BCUT2D eigenvalue weighted by molar-refractivity contribution is 5.99. The first-order valence-electron chi connectivity index (χ1n) is 6.21. The van der Waals surface area contributed by atoms with Crippen molar-refractivity contribution in [2.75, 3.05) is 17.7 Å². The van der Waals surface area contributed by atoms with Gasteiger partial charge in [0.2, 0.25) is 0 Å². The topological polar surface area (TPSA) is 64.3 Å². The Morgan fingerprint density at radius 3 is 2.60 bits per heavy atom. The minimum Gasteiger partial charge on any atom is -0.462 e. The van der Waals surface area contributed by atoms with Gasteiger partial charge >= 0.3 is 12.1 Å². The molecule has 2 rings (SSSR count). The fourth-order valence-corrected chi connectivity index (χ4v) is 1.93. The molecule has 0 unspecified atom stereocenters. The lowest BCUT2D eigenvalue weighted by Crippen LogP contribution is -2.39. The SMILES string of the molecule is CCOC(=O)c1cccc(N)c1NC1(C(F)(F)F)CC1. The number of halogens is 3. The molecule has 20 heavy (non-hydrogen) atoms. The molecule has 1 fully saturated rings. The molecule has 1 aromatic carbocycles. The molecule has 3 N–H and O–H groups in total. The van der Waals surface area contributed by atoms with Crippen LogP contribution in [-0.4, -0.2) is 24.3 Å². The number of benzene rings is 1. The largest absolute Gasteiger partial charge is 0.462 e. The number of nitrogens with one attached hydrogen (secondary N) is 1. The number of para-hydroxylation sites is 1. The molecule has 110 valence electrons. The highest BCUT2D eigenvalue weighted by Crippen LogP contribution is 2.52. The van der Waals surface area contributed by atoms with E-state index in [4.69, 9.17) is 10.5 Å². The van der Waals surface area contributed by atoms with Gasteiger partial charge in [-0.15, -0.1) is 0 Å². The van der Waals surface area contributed by atoms with Crippen LogP contribution in [0.25, 0.3) is 0 Å². The van der Waals surface area contributed by atoms with Crippen LogP contribution in [0.15, 0.2) is 18.2 Å². The lowest BCUT2D eigenvalue weighted by molar-refractivity contribution is -0.151. The van der Waals surface area contributed by atoms with E-state index in [1.165, 1.54) is 18.2 Å². The van der Waals surface area contributed by atoms with Gasteiger partial charge < -0.3 is 15.8 Å². The molecule has 1 aliphatic carbocycles. The van der Waals surface area contributed by atoms with Gasteiger partial charge in [0, 0.05) is 0 Å². The number of hydrogen-bond donors (Lipinski definition) is 2. The van der Waals surface area contributed by atoms with Crippen molar-refractivity contribution in [2.24, 2.45) is 0 Å². The minimum atomic E-state index is -4.39. The summed E-state index contributed by atoms with van der Waals surface area (Å²) in [5, 5.41) is 2.39. The van der Waals surface area contributed by atoms with Gasteiger partial charge in [0.1, 0.15) is 5.54 Å². The van der Waals surface area contributed by atoms with Gasteiger partial charge in [-0.25, -0.2) is 4.79 Å². The predicted molar refractivity (Wildman–Crippen MR) is 68.5 cm³/mol. The summed E-state index contributed by atoms with van der Waals surface area (Å²) in [5.74, 6) is -0.694. The number of anilines is 2. The van der Waals surface area contributed by atoms with E-state index < -0.39 is 17.7 Å². The van der Waals surface area contributed by atoms with Crippen molar-refractivity contribution in [3.8, 4) is 0 Å². The number of nitrogens with two attached hydrogens (primary N) is 1. The molecule has 0 aliphatic heterocycles. The normalized spacial score (nSPS) is 16.6. The molecule has 0 radical (unpaired) electrons. The highest BCUT2D eigenvalue weighted by atomic mass is 19.4. The third-order valence-electron chi connectivity index (χ3n) is 3.25. The van der Waals surface area contributed by atoms with E-state index in [0.29, 0.717) is 0 Å². The predicted octanol–water partition coefficient (Wildman–Crippen LogP) is 2.95. The standard InChI is InChI=1S/C13H15F3N2O2/c1-2-20-11(19)8-4-3-5-9(17)10(8)18-12(6-7-12)13(14,15)16/h3-5,18H,2,6-7,17H2,1H3.